The van der Waals surface area contributed by atoms with E-state index in [2.05, 4.69) is 15.8 Å². The second-order valence-electron chi connectivity index (χ2n) is 5.42. The molecule has 2 aromatic rings. The first kappa shape index (κ1) is 19.4. The number of hydrogen-bond donors (Lipinski definition) is 4. The van der Waals surface area contributed by atoms with Crippen LogP contribution in [0.15, 0.2) is 47.6 Å². The lowest BCUT2D eigenvalue weighted by molar-refractivity contribution is -0.136. The summed E-state index contributed by atoms with van der Waals surface area (Å²) in [4.78, 5) is 34.8. The van der Waals surface area contributed by atoms with E-state index in [4.69, 9.17) is 10.5 Å². The minimum atomic E-state index is -0.973. The molecule has 0 saturated carbocycles. The second-order valence-corrected chi connectivity index (χ2v) is 5.42. The quantitative estimate of drug-likeness (QED) is 0.352. The molecule has 0 fully saturated rings. The number of amides is 3. The van der Waals surface area contributed by atoms with Gasteiger partial charge in [0.15, 0.2) is 11.5 Å². The van der Waals surface area contributed by atoms with Crippen LogP contribution in [0.25, 0.3) is 0 Å². The molecule has 9 heteroatoms. The normalized spacial score (nSPS) is 10.8. The van der Waals surface area contributed by atoms with Gasteiger partial charge in [0.2, 0.25) is 5.91 Å². The number of hydrazone groups is 1. The summed E-state index contributed by atoms with van der Waals surface area (Å²) >= 11 is 0. The topological polar surface area (TPSA) is 143 Å². The van der Waals surface area contributed by atoms with Crippen molar-refractivity contribution in [2.24, 2.45) is 10.8 Å². The maximum absolute atomic E-state index is 11.9. The van der Waals surface area contributed by atoms with E-state index in [-0.39, 0.29) is 17.1 Å². The Hall–Kier alpha value is -3.88. The van der Waals surface area contributed by atoms with Gasteiger partial charge in [0.05, 0.1) is 12.8 Å². The first-order valence-corrected chi connectivity index (χ1v) is 7.74. The molecule has 9 nitrogen and oxygen atoms in total. The highest BCUT2D eigenvalue weighted by molar-refractivity contribution is 6.39. The predicted octanol–water partition coefficient (Wildman–Crippen LogP) is 0.979. The second kappa shape index (κ2) is 8.48. The molecule has 0 aliphatic heterocycles. The Bertz CT molecular complexity index is 906. The SMILES string of the molecule is COc1cc(/C(C)=N/NC(=O)C(=O)Nc2ccc(C(N)=O)cc2)ccc1O. The number of nitrogens with zero attached hydrogens (tertiary/aromatic N) is 1. The molecular weight excluding hydrogens is 352 g/mol. The number of aromatic hydroxyl groups is 1. The first-order valence-electron chi connectivity index (χ1n) is 7.74. The number of benzene rings is 2. The number of nitrogens with one attached hydrogen (secondary N) is 2. The standard InChI is InChI=1S/C18H18N4O5/c1-10(12-5-8-14(23)15(9-12)27-2)21-22-18(26)17(25)20-13-6-3-11(4-7-13)16(19)24/h3-9,23H,1-2H3,(H2,19,24)(H,20,25)(H,22,26)/b21-10+. The molecule has 0 heterocycles. The van der Waals surface area contributed by atoms with Crippen molar-refractivity contribution in [3.63, 3.8) is 0 Å². The summed E-state index contributed by atoms with van der Waals surface area (Å²) in [5.41, 5.74) is 8.87. The Morgan fingerprint density at radius 3 is 2.26 bits per heavy atom. The summed E-state index contributed by atoms with van der Waals surface area (Å²) < 4.78 is 5.00. The molecule has 27 heavy (non-hydrogen) atoms. The molecule has 0 unspecified atom stereocenters. The molecule has 5 N–H and O–H groups in total. The van der Waals surface area contributed by atoms with E-state index in [1.54, 1.807) is 19.1 Å². The van der Waals surface area contributed by atoms with Crippen molar-refractivity contribution in [3.05, 3.63) is 53.6 Å². The Balaban J connectivity index is 2.00. The molecule has 0 aromatic heterocycles. The summed E-state index contributed by atoms with van der Waals surface area (Å²) in [5.74, 6) is -2.27. The minimum Gasteiger partial charge on any atom is -0.504 e. The fourth-order valence-corrected chi connectivity index (χ4v) is 2.06. The summed E-state index contributed by atoms with van der Waals surface area (Å²) in [7, 11) is 1.41. The molecule has 2 rings (SSSR count). The van der Waals surface area contributed by atoms with Gasteiger partial charge in [-0.1, -0.05) is 0 Å². The van der Waals surface area contributed by atoms with Crippen molar-refractivity contribution in [2.45, 2.75) is 6.92 Å². The molecule has 0 aliphatic rings. The van der Waals surface area contributed by atoms with Crippen LogP contribution < -0.4 is 21.2 Å². The van der Waals surface area contributed by atoms with Gasteiger partial charge in [-0.3, -0.25) is 14.4 Å². The molecule has 2 aromatic carbocycles. The van der Waals surface area contributed by atoms with Gasteiger partial charge < -0.3 is 20.9 Å². The van der Waals surface area contributed by atoms with Crippen LogP contribution in [0, 0.1) is 0 Å². The van der Waals surface area contributed by atoms with Crippen LogP contribution in [-0.4, -0.2) is 35.6 Å². The monoisotopic (exact) mass is 370 g/mol. The van der Waals surface area contributed by atoms with Crippen LogP contribution >= 0.6 is 0 Å². The largest absolute Gasteiger partial charge is 0.504 e. The van der Waals surface area contributed by atoms with Crippen LogP contribution in [-0.2, 0) is 9.59 Å². The third-order valence-corrected chi connectivity index (χ3v) is 3.56. The van der Waals surface area contributed by atoms with Gasteiger partial charge in [-0.15, -0.1) is 0 Å². The number of primary amides is 1. The lowest BCUT2D eigenvalue weighted by Crippen LogP contribution is -2.33. The summed E-state index contributed by atoms with van der Waals surface area (Å²) in [6.07, 6.45) is 0. The van der Waals surface area contributed by atoms with Gasteiger partial charge in [-0.25, -0.2) is 5.43 Å². The van der Waals surface area contributed by atoms with E-state index >= 15 is 0 Å². The van der Waals surface area contributed by atoms with Crippen molar-refractivity contribution in [3.8, 4) is 11.5 Å². The number of rotatable bonds is 5. The zero-order chi connectivity index (χ0) is 20.0. The van der Waals surface area contributed by atoms with Crippen LogP contribution in [0.1, 0.15) is 22.8 Å². The Morgan fingerprint density at radius 2 is 1.67 bits per heavy atom. The Morgan fingerprint density at radius 1 is 1.04 bits per heavy atom. The molecule has 0 aliphatic carbocycles. The zero-order valence-corrected chi connectivity index (χ0v) is 14.6. The van der Waals surface area contributed by atoms with E-state index in [1.807, 2.05) is 0 Å². The van der Waals surface area contributed by atoms with E-state index in [0.717, 1.165) is 0 Å². The van der Waals surface area contributed by atoms with Crippen LogP contribution in [0.2, 0.25) is 0 Å². The molecule has 0 spiro atoms. The summed E-state index contributed by atoms with van der Waals surface area (Å²) in [6, 6.07) is 10.3. The number of ether oxygens (including phenoxy) is 1. The predicted molar refractivity (Wildman–Crippen MR) is 98.6 cm³/mol. The van der Waals surface area contributed by atoms with Crippen molar-refractivity contribution in [2.75, 3.05) is 12.4 Å². The summed E-state index contributed by atoms with van der Waals surface area (Å²) in [6.45, 7) is 1.62. The fourth-order valence-electron chi connectivity index (χ4n) is 2.06. The molecule has 0 radical (unpaired) electrons. The molecule has 3 amide bonds. The lowest BCUT2D eigenvalue weighted by Gasteiger charge is -2.07. The van der Waals surface area contributed by atoms with Crippen molar-refractivity contribution in [1.82, 2.24) is 5.43 Å². The lowest BCUT2D eigenvalue weighted by atomic mass is 10.1. The van der Waals surface area contributed by atoms with Crippen molar-refractivity contribution in [1.29, 1.82) is 0 Å². The highest BCUT2D eigenvalue weighted by Gasteiger charge is 2.14. The summed E-state index contributed by atoms with van der Waals surface area (Å²) in [5, 5.41) is 15.8. The minimum absolute atomic E-state index is 0.0279. The maximum Gasteiger partial charge on any atom is 0.329 e. The molecule has 0 bridgehead atoms. The van der Waals surface area contributed by atoms with Gasteiger partial charge in [-0.2, -0.15) is 5.10 Å². The van der Waals surface area contributed by atoms with E-state index in [1.165, 1.54) is 37.4 Å². The molecular formula is C18H18N4O5. The fraction of sp³-hybridized carbons (Fsp3) is 0.111. The third-order valence-electron chi connectivity index (χ3n) is 3.56. The van der Waals surface area contributed by atoms with Crippen molar-refractivity contribution < 1.29 is 24.2 Å². The smallest absolute Gasteiger partial charge is 0.329 e. The maximum atomic E-state index is 11.9. The molecule has 0 saturated heterocycles. The van der Waals surface area contributed by atoms with E-state index < -0.39 is 17.7 Å². The van der Waals surface area contributed by atoms with Crippen LogP contribution in [0.3, 0.4) is 0 Å². The first-order chi connectivity index (χ1) is 12.8. The number of carbonyl (C=O) groups is 3. The average Bonchev–Trinajstić information content (AvgIpc) is 2.66. The van der Waals surface area contributed by atoms with Gasteiger partial charge in [-0.05, 0) is 49.4 Å². The van der Waals surface area contributed by atoms with Gasteiger partial charge in [0.25, 0.3) is 0 Å². The molecule has 0 atom stereocenters. The van der Waals surface area contributed by atoms with Crippen LogP contribution in [0.4, 0.5) is 5.69 Å². The van der Waals surface area contributed by atoms with Crippen molar-refractivity contribution >= 4 is 29.1 Å². The van der Waals surface area contributed by atoms with Gasteiger partial charge >= 0.3 is 11.8 Å². The zero-order valence-electron chi connectivity index (χ0n) is 14.6. The highest BCUT2D eigenvalue weighted by Crippen LogP contribution is 2.26. The third kappa shape index (κ3) is 5.05. The Kier molecular flexibility index (Phi) is 6.10. The average molecular weight is 370 g/mol. The number of anilines is 1. The number of hydrogen-bond acceptors (Lipinski definition) is 6. The highest BCUT2D eigenvalue weighted by atomic mass is 16.5. The number of nitrogens with two attached hydrogens (primary N) is 1. The Labute approximate surface area is 154 Å². The molecule has 140 valence electrons. The van der Waals surface area contributed by atoms with Crippen LogP contribution in [0.5, 0.6) is 11.5 Å². The van der Waals surface area contributed by atoms with Gasteiger partial charge in [0.1, 0.15) is 0 Å². The number of carbonyl (C=O) groups excluding carboxylic acids is 3. The number of methoxy groups -OCH3 is 1. The van der Waals surface area contributed by atoms with E-state index in [9.17, 15) is 19.5 Å². The number of phenols is 1. The van der Waals surface area contributed by atoms with Gasteiger partial charge in [0, 0.05) is 16.8 Å². The van der Waals surface area contributed by atoms with E-state index in [0.29, 0.717) is 17.0 Å². The number of phenolic OH excluding ortho intramolecular Hbond substituents is 1.